The molecule has 1 heteroatoms. The molecule has 0 aliphatic heterocycles. The number of allylic oxidation sites excluding steroid dienone is 12. The maximum atomic E-state index is 2.86. The fraction of sp³-hybridized carbons (Fsp3) is 0.800. The van der Waals surface area contributed by atoms with Gasteiger partial charge in [0.2, 0.25) is 0 Å². The molecule has 0 aromatic carbocycles. The van der Waals surface area contributed by atoms with E-state index in [1.165, 1.54) is 270 Å². The van der Waals surface area contributed by atoms with Gasteiger partial charge in [-0.25, -0.2) is 0 Å². The first-order valence-corrected chi connectivity index (χ1v) is 28.0. The smallest absolute Gasteiger partial charge is 0.00187 e. The van der Waals surface area contributed by atoms with Crippen molar-refractivity contribution in [3.63, 3.8) is 0 Å². The van der Waals surface area contributed by atoms with Crippen molar-refractivity contribution in [3.05, 3.63) is 72.9 Å². The van der Waals surface area contributed by atoms with E-state index >= 15 is 0 Å². The molecule has 0 saturated heterocycles. The highest BCUT2D eigenvalue weighted by atomic mass is 15.1. The van der Waals surface area contributed by atoms with Gasteiger partial charge in [0.15, 0.2) is 0 Å². The van der Waals surface area contributed by atoms with E-state index in [0.717, 1.165) is 19.3 Å². The van der Waals surface area contributed by atoms with Crippen molar-refractivity contribution in [2.24, 2.45) is 0 Å². The third-order valence-corrected chi connectivity index (χ3v) is 12.5. The van der Waals surface area contributed by atoms with Gasteiger partial charge in [-0.3, -0.25) is 0 Å². The summed E-state index contributed by atoms with van der Waals surface area (Å²) in [6, 6.07) is 0. The number of nitrogens with zero attached hydrogens (tertiary/aromatic N) is 1. The molecule has 0 atom stereocenters. The molecule has 0 aromatic heterocycles. The van der Waals surface area contributed by atoms with Crippen LogP contribution in [-0.4, -0.2) is 24.5 Å². The van der Waals surface area contributed by atoms with Crippen LogP contribution in [0.5, 0.6) is 0 Å². The van der Waals surface area contributed by atoms with Gasteiger partial charge in [0.25, 0.3) is 0 Å². The number of rotatable bonds is 51. The zero-order valence-corrected chi connectivity index (χ0v) is 42.2. The van der Waals surface area contributed by atoms with Gasteiger partial charge in [-0.1, -0.05) is 248 Å². The van der Waals surface area contributed by atoms with Gasteiger partial charge in [0.1, 0.15) is 0 Å². The van der Waals surface area contributed by atoms with Crippen LogP contribution >= 0.6 is 0 Å². The molecule has 0 aliphatic rings. The van der Waals surface area contributed by atoms with Gasteiger partial charge in [0.05, 0.1) is 0 Å². The van der Waals surface area contributed by atoms with E-state index in [1.807, 2.05) is 0 Å². The Kier molecular flexibility index (Phi) is 54.9. The minimum Gasteiger partial charge on any atom is -0.303 e. The second kappa shape index (κ2) is 56.4. The normalized spacial score (nSPS) is 12.6. The lowest BCUT2D eigenvalue weighted by Gasteiger charge is -2.22. The largest absolute Gasteiger partial charge is 0.303 e. The van der Waals surface area contributed by atoms with Crippen molar-refractivity contribution >= 4 is 0 Å². The van der Waals surface area contributed by atoms with Crippen LogP contribution in [0.4, 0.5) is 0 Å². The molecule has 0 radical (unpaired) electrons. The molecule has 0 aromatic rings. The van der Waals surface area contributed by atoms with Gasteiger partial charge in [0, 0.05) is 0 Å². The summed E-state index contributed by atoms with van der Waals surface area (Å²) in [6.07, 6.45) is 85.8. The van der Waals surface area contributed by atoms with Crippen molar-refractivity contribution in [1.29, 1.82) is 0 Å². The van der Waals surface area contributed by atoms with Crippen LogP contribution in [-0.2, 0) is 0 Å². The monoisotopic (exact) mass is 846 g/mol. The van der Waals surface area contributed by atoms with E-state index in [9.17, 15) is 0 Å². The Labute approximate surface area is 386 Å². The van der Waals surface area contributed by atoms with E-state index in [-0.39, 0.29) is 0 Å². The summed E-state index contributed by atoms with van der Waals surface area (Å²) in [4.78, 5) is 2.86. The number of hydrogen-bond acceptors (Lipinski definition) is 1. The molecule has 0 fully saturated rings. The first kappa shape index (κ1) is 59.4. The summed E-state index contributed by atoms with van der Waals surface area (Å²) in [5.74, 6) is 0. The maximum absolute atomic E-state index is 2.86. The van der Waals surface area contributed by atoms with Crippen LogP contribution in [0.15, 0.2) is 72.9 Å². The predicted molar refractivity (Wildman–Crippen MR) is 282 cm³/mol. The van der Waals surface area contributed by atoms with E-state index < -0.39 is 0 Å². The lowest BCUT2D eigenvalue weighted by molar-refractivity contribution is 0.254. The third kappa shape index (κ3) is 54.5. The molecule has 356 valence electrons. The summed E-state index contributed by atoms with van der Waals surface area (Å²) in [6.45, 7) is 10.9. The Morgan fingerprint density at radius 1 is 0.197 bits per heavy atom. The molecule has 0 saturated carbocycles. The standard InChI is InChI=1S/C60H111N/c1-4-7-10-13-16-19-22-25-28-31-34-37-40-43-46-49-52-55-58-61(59-56-53-50-47-44-41-38-35-32-29-26-23-20-17-14-11-8-5-2)60-57-54-51-48-45-42-39-36-33-30-27-24-21-18-15-12-9-6-3/h16-21,25-30H,4-15,22-24,31-60H2,1-3H3/b19-16-,20-17-,21-18-,28-25-,29-26-,30-27-. The van der Waals surface area contributed by atoms with Crippen molar-refractivity contribution in [3.8, 4) is 0 Å². The van der Waals surface area contributed by atoms with E-state index in [0.29, 0.717) is 0 Å². The van der Waals surface area contributed by atoms with Gasteiger partial charge >= 0.3 is 0 Å². The lowest BCUT2D eigenvalue weighted by atomic mass is 10.1. The Bertz CT molecular complexity index is 840. The minimum absolute atomic E-state index is 1.12. The summed E-state index contributed by atoms with van der Waals surface area (Å²) in [5.41, 5.74) is 0. The zero-order valence-electron chi connectivity index (χ0n) is 42.2. The second-order valence-electron chi connectivity index (χ2n) is 18.7. The second-order valence-corrected chi connectivity index (χ2v) is 18.7. The van der Waals surface area contributed by atoms with Crippen LogP contribution in [0.3, 0.4) is 0 Å². The maximum Gasteiger partial charge on any atom is -0.00187 e. The lowest BCUT2D eigenvalue weighted by Crippen LogP contribution is -2.27. The summed E-state index contributed by atoms with van der Waals surface area (Å²) < 4.78 is 0. The van der Waals surface area contributed by atoms with E-state index in [2.05, 4.69) is 98.6 Å². The van der Waals surface area contributed by atoms with Crippen LogP contribution in [0.1, 0.15) is 290 Å². The quantitative estimate of drug-likeness (QED) is 0.0435. The van der Waals surface area contributed by atoms with E-state index in [4.69, 9.17) is 0 Å². The van der Waals surface area contributed by atoms with Crippen LogP contribution in [0, 0.1) is 0 Å². The SMILES string of the molecule is CCCCC/C=C\C/C=C\CCCCCCCCCCN(CCCCCCCCCC/C=C\C/C=C\CCCCC)CCCCCCCCCC/C=C\C/C=C\CCCCC. The van der Waals surface area contributed by atoms with Crippen LogP contribution in [0.25, 0.3) is 0 Å². The van der Waals surface area contributed by atoms with Crippen LogP contribution < -0.4 is 0 Å². The number of hydrogen-bond donors (Lipinski definition) is 0. The van der Waals surface area contributed by atoms with Crippen molar-refractivity contribution in [2.75, 3.05) is 19.6 Å². The molecule has 1 nitrogen and oxygen atoms in total. The van der Waals surface area contributed by atoms with Crippen molar-refractivity contribution in [1.82, 2.24) is 4.90 Å². The Balaban J connectivity index is 4.11. The van der Waals surface area contributed by atoms with Crippen molar-refractivity contribution in [2.45, 2.75) is 290 Å². The molecule has 0 spiro atoms. The van der Waals surface area contributed by atoms with Gasteiger partial charge in [-0.2, -0.15) is 0 Å². The molecule has 0 bridgehead atoms. The number of unbranched alkanes of at least 4 members (excludes halogenated alkanes) is 33. The minimum atomic E-state index is 1.12. The van der Waals surface area contributed by atoms with Gasteiger partial charge in [-0.15, -0.1) is 0 Å². The molecule has 61 heavy (non-hydrogen) atoms. The molecule has 0 unspecified atom stereocenters. The van der Waals surface area contributed by atoms with Gasteiger partial charge < -0.3 is 4.90 Å². The molecule has 0 amide bonds. The first-order chi connectivity index (χ1) is 30.3. The zero-order chi connectivity index (χ0) is 43.9. The predicted octanol–water partition coefficient (Wildman–Crippen LogP) is 21.1. The first-order valence-electron chi connectivity index (χ1n) is 28.0. The molecule has 0 rings (SSSR count). The fourth-order valence-corrected chi connectivity index (χ4v) is 8.37. The summed E-state index contributed by atoms with van der Waals surface area (Å²) in [7, 11) is 0. The Hall–Kier alpha value is -1.60. The molecule has 0 aliphatic carbocycles. The highest BCUT2D eigenvalue weighted by molar-refractivity contribution is 4.94. The Morgan fingerprint density at radius 2 is 0.377 bits per heavy atom. The summed E-state index contributed by atoms with van der Waals surface area (Å²) >= 11 is 0. The topological polar surface area (TPSA) is 3.24 Å². The molecule has 0 heterocycles. The Morgan fingerprint density at radius 3 is 0.590 bits per heavy atom. The highest BCUT2D eigenvalue weighted by Crippen LogP contribution is 2.15. The molecular formula is C60H111N. The average Bonchev–Trinajstić information content (AvgIpc) is 3.27. The third-order valence-electron chi connectivity index (χ3n) is 12.5. The molecular weight excluding hydrogens is 735 g/mol. The fourth-order valence-electron chi connectivity index (χ4n) is 8.37. The molecule has 0 N–H and O–H groups in total. The highest BCUT2D eigenvalue weighted by Gasteiger charge is 2.05. The summed E-state index contributed by atoms with van der Waals surface area (Å²) in [5, 5.41) is 0. The average molecular weight is 847 g/mol. The van der Waals surface area contributed by atoms with Crippen LogP contribution in [0.2, 0.25) is 0 Å². The van der Waals surface area contributed by atoms with E-state index in [1.54, 1.807) is 0 Å². The van der Waals surface area contributed by atoms with Crippen molar-refractivity contribution < 1.29 is 0 Å². The van der Waals surface area contributed by atoms with Gasteiger partial charge in [-0.05, 0) is 135 Å².